The number of benzene rings is 2. The van der Waals surface area contributed by atoms with E-state index in [0.717, 1.165) is 29.3 Å². The van der Waals surface area contributed by atoms with Crippen molar-refractivity contribution in [3.05, 3.63) is 59.4 Å². The van der Waals surface area contributed by atoms with Gasteiger partial charge in [0.25, 0.3) is 0 Å². The molecule has 4 heteroatoms. The number of aromatic amines is 1. The van der Waals surface area contributed by atoms with Gasteiger partial charge in [-0.05, 0) is 30.2 Å². The van der Waals surface area contributed by atoms with Crippen molar-refractivity contribution in [3.8, 4) is 22.9 Å². The summed E-state index contributed by atoms with van der Waals surface area (Å²) in [5.74, 6) is 3.34. The molecule has 0 aliphatic carbocycles. The Balaban J connectivity index is 1.76. The summed E-state index contributed by atoms with van der Waals surface area (Å²) in [6.45, 7) is 1.89. The molecule has 0 unspecified atom stereocenters. The van der Waals surface area contributed by atoms with Gasteiger partial charge in [0, 0.05) is 12.0 Å². The number of nitrogens with zero attached hydrogens (tertiary/aromatic N) is 2. The number of nitrogens with one attached hydrogen (secondary N) is 1. The first-order valence-corrected chi connectivity index (χ1v) is 6.58. The van der Waals surface area contributed by atoms with Crippen LogP contribution < -0.4 is 4.74 Å². The van der Waals surface area contributed by atoms with E-state index in [-0.39, 0.29) is 0 Å². The Morgan fingerprint density at radius 3 is 2.75 bits per heavy atom. The Labute approximate surface area is 116 Å². The highest BCUT2D eigenvalue weighted by Gasteiger charge is 2.17. The minimum absolute atomic E-state index is 0.702. The summed E-state index contributed by atoms with van der Waals surface area (Å²) in [7, 11) is 0. The van der Waals surface area contributed by atoms with Crippen LogP contribution in [0.5, 0.6) is 11.5 Å². The van der Waals surface area contributed by atoms with Crippen molar-refractivity contribution in [2.24, 2.45) is 0 Å². The fourth-order valence-corrected chi connectivity index (χ4v) is 2.48. The second-order valence-corrected chi connectivity index (χ2v) is 4.95. The van der Waals surface area contributed by atoms with Gasteiger partial charge in [-0.1, -0.05) is 30.3 Å². The standard InChI is InChI=1S/C16H13N3O/c1-10-17-16(19-18-10)13-7-6-12-8-11-4-2-3-5-14(11)20-15(12)9-13/h2-7,9H,8H2,1H3,(H,17,18,19). The van der Waals surface area contributed by atoms with Crippen LogP contribution in [0.1, 0.15) is 17.0 Å². The molecule has 1 N–H and O–H groups in total. The van der Waals surface area contributed by atoms with E-state index in [2.05, 4.69) is 27.3 Å². The number of aryl methyl sites for hydroxylation is 1. The van der Waals surface area contributed by atoms with Gasteiger partial charge < -0.3 is 4.74 Å². The Kier molecular flexibility index (Phi) is 2.36. The number of aromatic nitrogens is 3. The van der Waals surface area contributed by atoms with Crippen LogP contribution in [-0.2, 0) is 6.42 Å². The van der Waals surface area contributed by atoms with Crippen LogP contribution >= 0.6 is 0 Å². The van der Waals surface area contributed by atoms with Crippen LogP contribution in [0.2, 0.25) is 0 Å². The molecule has 0 bridgehead atoms. The average molecular weight is 263 g/mol. The molecule has 1 aliphatic rings. The third kappa shape index (κ3) is 1.77. The van der Waals surface area contributed by atoms with Crippen LogP contribution in [0, 0.1) is 6.92 Å². The summed E-state index contributed by atoms with van der Waals surface area (Å²) in [6.07, 6.45) is 0.902. The van der Waals surface area contributed by atoms with E-state index in [4.69, 9.17) is 4.74 Å². The van der Waals surface area contributed by atoms with Gasteiger partial charge in [0.05, 0.1) is 0 Å². The molecule has 20 heavy (non-hydrogen) atoms. The Morgan fingerprint density at radius 1 is 1.05 bits per heavy atom. The summed E-state index contributed by atoms with van der Waals surface area (Å²) < 4.78 is 5.98. The number of hydrogen-bond acceptors (Lipinski definition) is 3. The fourth-order valence-electron chi connectivity index (χ4n) is 2.48. The van der Waals surface area contributed by atoms with E-state index < -0.39 is 0 Å². The third-order valence-electron chi connectivity index (χ3n) is 3.50. The number of ether oxygens (including phenoxy) is 1. The minimum atomic E-state index is 0.702. The van der Waals surface area contributed by atoms with Crippen molar-refractivity contribution >= 4 is 0 Å². The summed E-state index contributed by atoms with van der Waals surface area (Å²) in [6, 6.07) is 14.3. The molecule has 2 heterocycles. The maximum atomic E-state index is 5.98. The summed E-state index contributed by atoms with van der Waals surface area (Å²) in [4.78, 5) is 4.35. The number of fused-ring (bicyclic) bond motifs is 2. The van der Waals surface area contributed by atoms with Crippen LogP contribution in [0.25, 0.3) is 11.4 Å². The smallest absolute Gasteiger partial charge is 0.181 e. The Bertz CT molecular complexity index is 792. The number of H-pyrrole nitrogens is 1. The van der Waals surface area contributed by atoms with Crippen LogP contribution in [0.3, 0.4) is 0 Å². The highest BCUT2D eigenvalue weighted by molar-refractivity contribution is 5.61. The second kappa shape index (κ2) is 4.20. The first-order valence-electron chi connectivity index (χ1n) is 6.58. The van der Waals surface area contributed by atoms with Crippen molar-refractivity contribution in [2.75, 3.05) is 0 Å². The van der Waals surface area contributed by atoms with Gasteiger partial charge in [-0.15, -0.1) is 0 Å². The van der Waals surface area contributed by atoms with E-state index in [1.54, 1.807) is 0 Å². The first kappa shape index (κ1) is 11.2. The van der Waals surface area contributed by atoms with Gasteiger partial charge in [0.2, 0.25) is 0 Å². The van der Waals surface area contributed by atoms with Gasteiger partial charge in [-0.25, -0.2) is 4.98 Å². The Hall–Kier alpha value is -2.62. The highest BCUT2D eigenvalue weighted by atomic mass is 16.5. The second-order valence-electron chi connectivity index (χ2n) is 4.95. The highest BCUT2D eigenvalue weighted by Crippen LogP contribution is 2.37. The lowest BCUT2D eigenvalue weighted by Crippen LogP contribution is -2.02. The number of rotatable bonds is 1. The van der Waals surface area contributed by atoms with Crippen molar-refractivity contribution in [3.63, 3.8) is 0 Å². The molecule has 4 nitrogen and oxygen atoms in total. The molecule has 0 amide bonds. The number of para-hydroxylation sites is 1. The lowest BCUT2D eigenvalue weighted by molar-refractivity contribution is 0.460. The van der Waals surface area contributed by atoms with E-state index in [1.165, 1.54) is 11.1 Å². The molecule has 2 aromatic carbocycles. The van der Waals surface area contributed by atoms with E-state index in [0.29, 0.717) is 5.82 Å². The molecule has 98 valence electrons. The predicted molar refractivity (Wildman–Crippen MR) is 75.9 cm³/mol. The van der Waals surface area contributed by atoms with Gasteiger partial charge in [-0.2, -0.15) is 5.10 Å². The maximum absolute atomic E-state index is 5.98. The molecule has 0 spiro atoms. The van der Waals surface area contributed by atoms with Crippen molar-refractivity contribution < 1.29 is 4.74 Å². The topological polar surface area (TPSA) is 50.8 Å². The molecule has 4 rings (SSSR count). The molecule has 3 aromatic rings. The van der Waals surface area contributed by atoms with E-state index in [9.17, 15) is 0 Å². The maximum Gasteiger partial charge on any atom is 0.181 e. The molecule has 0 fully saturated rings. The van der Waals surface area contributed by atoms with Crippen LogP contribution in [0.15, 0.2) is 42.5 Å². The van der Waals surface area contributed by atoms with E-state index >= 15 is 0 Å². The molecule has 0 atom stereocenters. The van der Waals surface area contributed by atoms with Crippen molar-refractivity contribution in [1.82, 2.24) is 15.2 Å². The number of hydrogen-bond donors (Lipinski definition) is 1. The molecule has 0 radical (unpaired) electrons. The molecule has 1 aromatic heterocycles. The van der Waals surface area contributed by atoms with Crippen LogP contribution in [0.4, 0.5) is 0 Å². The van der Waals surface area contributed by atoms with Crippen molar-refractivity contribution in [2.45, 2.75) is 13.3 Å². The Morgan fingerprint density at radius 2 is 1.90 bits per heavy atom. The van der Waals surface area contributed by atoms with Gasteiger partial charge in [0.15, 0.2) is 5.82 Å². The summed E-state index contributed by atoms with van der Waals surface area (Å²) in [5.41, 5.74) is 3.38. The average Bonchev–Trinajstić information content (AvgIpc) is 2.91. The van der Waals surface area contributed by atoms with E-state index in [1.807, 2.05) is 37.3 Å². The molecule has 0 saturated heterocycles. The van der Waals surface area contributed by atoms with Crippen molar-refractivity contribution in [1.29, 1.82) is 0 Å². The monoisotopic (exact) mass is 263 g/mol. The normalized spacial score (nSPS) is 12.4. The molecular formula is C16H13N3O. The molecule has 0 saturated carbocycles. The zero-order valence-electron chi connectivity index (χ0n) is 11.1. The van der Waals surface area contributed by atoms with Crippen LogP contribution in [-0.4, -0.2) is 15.2 Å². The molecule has 1 aliphatic heterocycles. The zero-order chi connectivity index (χ0) is 13.5. The predicted octanol–water partition coefficient (Wildman–Crippen LogP) is 3.48. The zero-order valence-corrected chi connectivity index (χ0v) is 11.1. The molecular weight excluding hydrogens is 250 g/mol. The lowest BCUT2D eigenvalue weighted by atomic mass is 9.99. The largest absolute Gasteiger partial charge is 0.457 e. The third-order valence-corrected chi connectivity index (χ3v) is 3.50. The summed E-state index contributed by atoms with van der Waals surface area (Å²) in [5, 5.41) is 7.05. The fraction of sp³-hybridized carbons (Fsp3) is 0.125. The summed E-state index contributed by atoms with van der Waals surface area (Å²) >= 11 is 0. The quantitative estimate of drug-likeness (QED) is 0.572. The van der Waals surface area contributed by atoms with Gasteiger partial charge in [-0.3, -0.25) is 5.10 Å². The minimum Gasteiger partial charge on any atom is -0.457 e. The SMILES string of the molecule is Cc1nc(-c2ccc3c(c2)Oc2ccccc2C3)n[nH]1. The van der Waals surface area contributed by atoms with Gasteiger partial charge in [0.1, 0.15) is 17.3 Å². The first-order chi connectivity index (χ1) is 9.79. The van der Waals surface area contributed by atoms with Gasteiger partial charge >= 0.3 is 0 Å². The lowest BCUT2D eigenvalue weighted by Gasteiger charge is -2.20.